The number of hydrogen-bond acceptors (Lipinski definition) is 10. The van der Waals surface area contributed by atoms with Crippen LogP contribution in [-0.2, 0) is 38.2 Å². The molecule has 0 aromatic rings. The van der Waals surface area contributed by atoms with Gasteiger partial charge in [0.05, 0.1) is 0 Å². The van der Waals surface area contributed by atoms with Crippen molar-refractivity contribution in [3.8, 4) is 0 Å². The molecule has 0 saturated carbocycles. The maximum Gasteiger partial charge on any atom is 0.303 e. The fourth-order valence-corrected chi connectivity index (χ4v) is 4.82. The maximum absolute atomic E-state index is 12.3. The summed E-state index contributed by atoms with van der Waals surface area (Å²) in [6, 6.07) is 0. The van der Waals surface area contributed by atoms with E-state index in [0.717, 1.165) is 0 Å². The first-order valence-corrected chi connectivity index (χ1v) is 15.3. The van der Waals surface area contributed by atoms with E-state index in [2.05, 4.69) is 35.1 Å². The molecule has 0 aliphatic heterocycles. The number of nitrogens with one attached hydrogen (secondary N) is 4. The first kappa shape index (κ1) is 37.5. The smallest absolute Gasteiger partial charge is 0.303 e. The van der Waals surface area contributed by atoms with Gasteiger partial charge >= 0.3 is 11.9 Å². The molecule has 0 saturated heterocycles. The lowest BCUT2D eigenvalue weighted by Gasteiger charge is -2.28. The zero-order valence-corrected chi connectivity index (χ0v) is 25.9. The van der Waals surface area contributed by atoms with Crippen LogP contribution in [0.3, 0.4) is 0 Å². The Balaban J connectivity index is 3.95. The molecule has 0 aliphatic rings. The second kappa shape index (κ2) is 18.8. The van der Waals surface area contributed by atoms with Gasteiger partial charge in [0.15, 0.2) is 12.2 Å². The summed E-state index contributed by atoms with van der Waals surface area (Å²) in [6.07, 6.45) is -1.94. The van der Waals surface area contributed by atoms with Crippen molar-refractivity contribution >= 4 is 57.2 Å². The average molecular weight is 605 g/mol. The third-order valence-corrected chi connectivity index (χ3v) is 7.27. The normalized spacial score (nSPS) is 12.9. The SMILES string of the molecule is [CH2]C(C)(C)C(OC(C)=O)C(=O)NCCC(=O)NCCSSCCNC(=O)CCNC(=O)C(OC(C)=O)C([CH2])(C)C. The van der Waals surface area contributed by atoms with Gasteiger partial charge in [0.1, 0.15) is 0 Å². The molecule has 12 nitrogen and oxygen atoms in total. The number of hydrogen-bond donors (Lipinski definition) is 4. The zero-order chi connectivity index (χ0) is 30.9. The quantitative estimate of drug-likeness (QED) is 0.0955. The highest BCUT2D eigenvalue weighted by molar-refractivity contribution is 8.76. The van der Waals surface area contributed by atoms with E-state index in [4.69, 9.17) is 9.47 Å². The Morgan fingerprint density at radius 1 is 0.625 bits per heavy atom. The van der Waals surface area contributed by atoms with E-state index in [-0.39, 0.29) is 37.7 Å². The summed E-state index contributed by atoms with van der Waals surface area (Å²) < 4.78 is 10.1. The second-order valence-corrected chi connectivity index (χ2v) is 13.1. The van der Waals surface area contributed by atoms with Crippen molar-refractivity contribution in [3.05, 3.63) is 13.8 Å². The van der Waals surface area contributed by atoms with E-state index >= 15 is 0 Å². The predicted molar refractivity (Wildman–Crippen MR) is 156 cm³/mol. The second-order valence-electron chi connectivity index (χ2n) is 10.4. The van der Waals surface area contributed by atoms with Gasteiger partial charge in [-0.05, 0) is 13.8 Å². The predicted octanol–water partition coefficient (Wildman–Crippen LogP) is 1.20. The van der Waals surface area contributed by atoms with E-state index < -0.39 is 46.8 Å². The molecule has 0 bridgehead atoms. The lowest BCUT2D eigenvalue weighted by atomic mass is 9.88. The Hall–Kier alpha value is -2.48. The first-order chi connectivity index (χ1) is 18.4. The summed E-state index contributed by atoms with van der Waals surface area (Å²) in [5.74, 6) is -1.31. The minimum absolute atomic E-state index is 0.0813. The van der Waals surface area contributed by atoms with Crippen LogP contribution in [0.25, 0.3) is 0 Å². The van der Waals surface area contributed by atoms with Crippen LogP contribution >= 0.6 is 21.6 Å². The molecule has 0 spiro atoms. The minimum Gasteiger partial charge on any atom is -0.452 e. The van der Waals surface area contributed by atoms with Gasteiger partial charge in [0.2, 0.25) is 11.8 Å². The monoisotopic (exact) mass is 604 g/mol. The molecule has 14 heteroatoms. The van der Waals surface area contributed by atoms with Crippen molar-refractivity contribution in [3.63, 3.8) is 0 Å². The van der Waals surface area contributed by atoms with E-state index in [9.17, 15) is 28.8 Å². The Kier molecular flexibility index (Phi) is 17.6. The van der Waals surface area contributed by atoms with Gasteiger partial charge in [-0.15, -0.1) is 0 Å². The number of carbonyl (C=O) groups is 6. The Bertz CT molecular complexity index is 802. The molecule has 2 unspecified atom stereocenters. The van der Waals surface area contributed by atoms with Crippen LogP contribution in [0.5, 0.6) is 0 Å². The molecule has 2 radical (unpaired) electrons. The van der Waals surface area contributed by atoms with Crippen molar-refractivity contribution in [2.45, 2.75) is 66.6 Å². The van der Waals surface area contributed by atoms with E-state index in [1.54, 1.807) is 49.3 Å². The highest BCUT2D eigenvalue weighted by Crippen LogP contribution is 2.23. The number of ether oxygens (including phenoxy) is 2. The van der Waals surface area contributed by atoms with Gasteiger partial charge < -0.3 is 30.7 Å². The van der Waals surface area contributed by atoms with E-state index in [1.807, 2.05) is 0 Å². The number of rotatable bonds is 19. The highest BCUT2D eigenvalue weighted by Gasteiger charge is 2.35. The summed E-state index contributed by atoms with van der Waals surface area (Å²) in [5, 5.41) is 10.7. The van der Waals surface area contributed by atoms with Crippen LogP contribution < -0.4 is 21.3 Å². The molecule has 228 valence electrons. The number of amides is 4. The topological polar surface area (TPSA) is 169 Å². The summed E-state index contributed by atoms with van der Waals surface area (Å²) in [5.41, 5.74) is -1.65. The maximum atomic E-state index is 12.3. The first-order valence-electron chi connectivity index (χ1n) is 12.8. The Morgan fingerprint density at radius 3 is 1.23 bits per heavy atom. The fourth-order valence-electron chi connectivity index (χ4n) is 3.01. The van der Waals surface area contributed by atoms with Crippen molar-refractivity contribution in [1.29, 1.82) is 0 Å². The van der Waals surface area contributed by atoms with Gasteiger partial charge in [0.25, 0.3) is 11.8 Å². The molecule has 0 fully saturated rings. The van der Waals surface area contributed by atoms with Crippen LogP contribution in [0.4, 0.5) is 0 Å². The van der Waals surface area contributed by atoms with Crippen LogP contribution in [0, 0.1) is 24.7 Å². The van der Waals surface area contributed by atoms with Gasteiger partial charge in [-0.2, -0.15) is 0 Å². The molecular weight excluding hydrogens is 560 g/mol. The Morgan fingerprint density at radius 2 is 0.950 bits per heavy atom. The Labute approximate surface area is 245 Å². The van der Waals surface area contributed by atoms with Crippen LogP contribution in [0.15, 0.2) is 0 Å². The zero-order valence-electron chi connectivity index (χ0n) is 24.3. The van der Waals surface area contributed by atoms with E-state index in [0.29, 0.717) is 24.6 Å². The van der Waals surface area contributed by atoms with Crippen molar-refractivity contribution in [2.75, 3.05) is 37.7 Å². The highest BCUT2D eigenvalue weighted by atomic mass is 33.1. The molecule has 2 atom stereocenters. The minimum atomic E-state index is -1.05. The summed E-state index contributed by atoms with van der Waals surface area (Å²) >= 11 is 0. The van der Waals surface area contributed by atoms with Crippen molar-refractivity contribution < 1.29 is 38.2 Å². The molecule has 0 aromatic heterocycles. The van der Waals surface area contributed by atoms with Crippen molar-refractivity contribution in [1.82, 2.24) is 21.3 Å². The molecule has 0 aromatic carbocycles. The van der Waals surface area contributed by atoms with Crippen molar-refractivity contribution in [2.24, 2.45) is 10.8 Å². The van der Waals surface area contributed by atoms with Crippen LogP contribution in [0.2, 0.25) is 0 Å². The molecule has 0 heterocycles. The summed E-state index contributed by atoms with van der Waals surface area (Å²) in [7, 11) is 3.08. The number of carbonyl (C=O) groups excluding carboxylic acids is 6. The van der Waals surface area contributed by atoms with Crippen LogP contribution in [0.1, 0.15) is 54.4 Å². The molecular formula is C26H44N4O8S2. The molecule has 0 rings (SSSR count). The lowest BCUT2D eigenvalue weighted by molar-refractivity contribution is -0.159. The molecule has 4 amide bonds. The molecule has 4 N–H and O–H groups in total. The summed E-state index contributed by atoms with van der Waals surface area (Å²) in [4.78, 5) is 70.9. The third-order valence-electron chi connectivity index (χ3n) is 4.86. The molecule has 40 heavy (non-hydrogen) atoms. The van der Waals surface area contributed by atoms with E-state index in [1.165, 1.54) is 13.8 Å². The molecule has 0 aliphatic carbocycles. The average Bonchev–Trinajstić information content (AvgIpc) is 2.80. The standard InChI is InChI=1S/C26H44N4O8S2/c1-17(31)37-21(25(3,4)5)23(35)29-11-9-19(33)27-13-15-39-40-16-14-28-20(34)10-12-30-24(36)22(26(6,7)8)38-18(2)32/h21-22H,3,6,9-16H2,1-2,4-5,7-8H3,(H,27,33)(H,28,34)(H,29,35)(H,30,36). The third kappa shape index (κ3) is 18.0. The van der Waals surface area contributed by atoms with Gasteiger partial charge in [0, 0.05) is 75.2 Å². The number of esters is 2. The lowest BCUT2D eigenvalue weighted by Crippen LogP contribution is -2.46. The summed E-state index contributed by atoms with van der Waals surface area (Å²) in [6.45, 7) is 17.9. The van der Waals surface area contributed by atoms with Gasteiger partial charge in [-0.1, -0.05) is 49.3 Å². The van der Waals surface area contributed by atoms with Gasteiger partial charge in [-0.25, -0.2) is 0 Å². The largest absolute Gasteiger partial charge is 0.452 e. The van der Waals surface area contributed by atoms with Crippen LogP contribution in [-0.4, -0.2) is 85.5 Å². The van der Waals surface area contributed by atoms with Gasteiger partial charge in [-0.3, -0.25) is 28.8 Å². The fraction of sp³-hybridized carbons (Fsp3) is 0.692.